The first-order valence-corrected chi connectivity index (χ1v) is 10.5. The minimum Gasteiger partial charge on any atom is -0.353 e. The van der Waals surface area contributed by atoms with Crippen LogP contribution in [0.25, 0.3) is 11.4 Å². The standard InChI is InChI=1S/C22H20F2N4OS/c23-22(24)30-18-8-6-17(7-9-18)21(29)28-14-12-27(13-15-28)19-10-11-25-20(26-19)16-4-2-1-3-5-16/h1-11,22H,12-15H2. The number of aromatic nitrogens is 2. The van der Waals surface area contributed by atoms with Crippen LogP contribution in [0.2, 0.25) is 0 Å². The first-order chi connectivity index (χ1) is 14.6. The molecule has 1 amide bonds. The third-order valence-electron chi connectivity index (χ3n) is 4.89. The summed E-state index contributed by atoms with van der Waals surface area (Å²) in [5, 5.41) is 0. The van der Waals surface area contributed by atoms with Gasteiger partial charge in [0.05, 0.1) is 0 Å². The molecule has 2 aromatic carbocycles. The van der Waals surface area contributed by atoms with Crippen LogP contribution in [0, 0.1) is 0 Å². The van der Waals surface area contributed by atoms with Gasteiger partial charge in [0.2, 0.25) is 0 Å². The van der Waals surface area contributed by atoms with E-state index in [0.29, 0.717) is 54.2 Å². The summed E-state index contributed by atoms with van der Waals surface area (Å²) in [6.07, 6.45) is 1.75. The van der Waals surface area contributed by atoms with Crippen LogP contribution in [0.15, 0.2) is 71.8 Å². The van der Waals surface area contributed by atoms with Crippen molar-refractivity contribution in [2.75, 3.05) is 31.1 Å². The molecule has 1 aromatic heterocycles. The van der Waals surface area contributed by atoms with Crippen molar-refractivity contribution >= 4 is 23.5 Å². The first kappa shape index (κ1) is 20.3. The molecule has 2 heterocycles. The zero-order valence-electron chi connectivity index (χ0n) is 16.1. The second kappa shape index (κ2) is 9.21. The molecule has 0 bridgehead atoms. The lowest BCUT2D eigenvalue weighted by molar-refractivity contribution is 0.0746. The lowest BCUT2D eigenvalue weighted by Gasteiger charge is -2.35. The quantitative estimate of drug-likeness (QED) is 0.566. The van der Waals surface area contributed by atoms with Gasteiger partial charge in [-0.05, 0) is 30.3 Å². The Labute approximate surface area is 177 Å². The fraction of sp³-hybridized carbons (Fsp3) is 0.227. The molecule has 0 atom stereocenters. The Balaban J connectivity index is 1.39. The van der Waals surface area contributed by atoms with Crippen LogP contribution in [-0.2, 0) is 0 Å². The largest absolute Gasteiger partial charge is 0.353 e. The molecular weight excluding hydrogens is 406 g/mol. The number of amides is 1. The van der Waals surface area contributed by atoms with E-state index >= 15 is 0 Å². The van der Waals surface area contributed by atoms with E-state index in [9.17, 15) is 13.6 Å². The highest BCUT2D eigenvalue weighted by atomic mass is 32.2. The topological polar surface area (TPSA) is 49.3 Å². The highest BCUT2D eigenvalue weighted by Gasteiger charge is 2.23. The average molecular weight is 426 g/mol. The Kier molecular flexibility index (Phi) is 6.23. The van der Waals surface area contributed by atoms with Crippen molar-refractivity contribution in [2.24, 2.45) is 0 Å². The Bertz CT molecular complexity index is 994. The molecule has 0 unspecified atom stereocenters. The zero-order valence-corrected chi connectivity index (χ0v) is 16.9. The Morgan fingerprint density at radius 1 is 0.933 bits per heavy atom. The molecule has 0 radical (unpaired) electrons. The summed E-state index contributed by atoms with van der Waals surface area (Å²) in [4.78, 5) is 26.1. The molecule has 1 saturated heterocycles. The van der Waals surface area contributed by atoms with Crippen LogP contribution in [-0.4, -0.2) is 52.7 Å². The van der Waals surface area contributed by atoms with Crippen molar-refractivity contribution in [1.29, 1.82) is 0 Å². The van der Waals surface area contributed by atoms with Crippen molar-refractivity contribution < 1.29 is 13.6 Å². The fourth-order valence-electron chi connectivity index (χ4n) is 3.35. The summed E-state index contributed by atoms with van der Waals surface area (Å²) in [7, 11) is 0. The van der Waals surface area contributed by atoms with Crippen LogP contribution < -0.4 is 4.90 Å². The summed E-state index contributed by atoms with van der Waals surface area (Å²) in [6, 6.07) is 18.0. The predicted octanol–water partition coefficient (Wildman–Crippen LogP) is 4.42. The fourth-order valence-corrected chi connectivity index (χ4v) is 3.85. The molecular formula is C22H20F2N4OS. The predicted molar refractivity (Wildman–Crippen MR) is 114 cm³/mol. The number of halogens is 2. The molecule has 0 saturated carbocycles. The molecule has 1 aliphatic rings. The third kappa shape index (κ3) is 4.76. The molecule has 0 N–H and O–H groups in total. The minimum absolute atomic E-state index is 0.0871. The average Bonchev–Trinajstić information content (AvgIpc) is 2.79. The summed E-state index contributed by atoms with van der Waals surface area (Å²) in [5.41, 5.74) is 1.47. The number of rotatable bonds is 5. The van der Waals surface area contributed by atoms with E-state index in [4.69, 9.17) is 0 Å². The smallest absolute Gasteiger partial charge is 0.288 e. The van der Waals surface area contributed by atoms with Gasteiger partial charge in [-0.25, -0.2) is 9.97 Å². The molecule has 4 rings (SSSR count). The molecule has 3 aromatic rings. The highest BCUT2D eigenvalue weighted by molar-refractivity contribution is 7.99. The van der Waals surface area contributed by atoms with E-state index in [1.54, 1.807) is 35.4 Å². The van der Waals surface area contributed by atoms with Crippen LogP contribution in [0.1, 0.15) is 10.4 Å². The Morgan fingerprint density at radius 2 is 1.63 bits per heavy atom. The molecule has 0 aliphatic carbocycles. The number of thioether (sulfide) groups is 1. The van der Waals surface area contributed by atoms with Gasteiger partial charge in [0.1, 0.15) is 5.82 Å². The monoisotopic (exact) mass is 426 g/mol. The number of anilines is 1. The van der Waals surface area contributed by atoms with Gasteiger partial charge in [0.25, 0.3) is 11.7 Å². The maximum absolute atomic E-state index is 12.7. The van der Waals surface area contributed by atoms with Crippen molar-refractivity contribution in [3.05, 3.63) is 72.4 Å². The van der Waals surface area contributed by atoms with Crippen molar-refractivity contribution in [3.8, 4) is 11.4 Å². The van der Waals surface area contributed by atoms with E-state index in [1.165, 1.54) is 0 Å². The summed E-state index contributed by atoms with van der Waals surface area (Å²) in [6.45, 7) is 2.46. The summed E-state index contributed by atoms with van der Waals surface area (Å²) < 4.78 is 24.9. The normalized spacial score (nSPS) is 14.2. The van der Waals surface area contributed by atoms with E-state index in [-0.39, 0.29) is 5.91 Å². The maximum atomic E-state index is 12.7. The Hall–Kier alpha value is -3.00. The number of carbonyl (C=O) groups is 1. The van der Waals surface area contributed by atoms with Gasteiger partial charge in [-0.15, -0.1) is 0 Å². The molecule has 8 heteroatoms. The number of piperazine rings is 1. The lowest BCUT2D eigenvalue weighted by atomic mass is 10.2. The number of benzene rings is 2. The number of hydrogen-bond acceptors (Lipinski definition) is 5. The van der Waals surface area contributed by atoms with Gasteiger partial charge >= 0.3 is 0 Å². The highest BCUT2D eigenvalue weighted by Crippen LogP contribution is 2.25. The molecule has 30 heavy (non-hydrogen) atoms. The summed E-state index contributed by atoms with van der Waals surface area (Å²) in [5.74, 6) is -1.04. The van der Waals surface area contributed by atoms with Crippen molar-refractivity contribution in [2.45, 2.75) is 10.7 Å². The SMILES string of the molecule is O=C(c1ccc(SC(F)F)cc1)N1CCN(c2ccnc(-c3ccccc3)n2)CC1. The van der Waals surface area contributed by atoms with E-state index in [1.807, 2.05) is 36.4 Å². The van der Waals surface area contributed by atoms with Gasteiger partial charge in [-0.3, -0.25) is 4.79 Å². The number of carbonyl (C=O) groups excluding carboxylic acids is 1. The molecule has 154 valence electrons. The van der Waals surface area contributed by atoms with E-state index in [2.05, 4.69) is 14.9 Å². The third-order valence-corrected chi connectivity index (χ3v) is 5.61. The lowest BCUT2D eigenvalue weighted by Crippen LogP contribution is -2.49. The van der Waals surface area contributed by atoms with Crippen molar-refractivity contribution in [1.82, 2.24) is 14.9 Å². The van der Waals surface area contributed by atoms with E-state index < -0.39 is 5.76 Å². The van der Waals surface area contributed by atoms with Crippen molar-refractivity contribution in [3.63, 3.8) is 0 Å². The van der Waals surface area contributed by atoms with Gasteiger partial charge in [-0.1, -0.05) is 42.1 Å². The number of nitrogens with zero attached hydrogens (tertiary/aromatic N) is 4. The number of hydrogen-bond donors (Lipinski definition) is 0. The van der Waals surface area contributed by atoms with Crippen LogP contribution in [0.5, 0.6) is 0 Å². The van der Waals surface area contributed by atoms with Crippen LogP contribution >= 0.6 is 11.8 Å². The van der Waals surface area contributed by atoms with Gasteiger partial charge in [0.15, 0.2) is 5.82 Å². The molecule has 5 nitrogen and oxygen atoms in total. The van der Waals surface area contributed by atoms with E-state index in [0.717, 1.165) is 11.4 Å². The van der Waals surface area contributed by atoms with Gasteiger partial charge < -0.3 is 9.80 Å². The second-order valence-electron chi connectivity index (χ2n) is 6.79. The maximum Gasteiger partial charge on any atom is 0.288 e. The van der Waals surface area contributed by atoms with Crippen LogP contribution in [0.3, 0.4) is 0 Å². The Morgan fingerprint density at radius 3 is 2.30 bits per heavy atom. The molecule has 0 spiro atoms. The second-order valence-corrected chi connectivity index (χ2v) is 7.85. The van der Waals surface area contributed by atoms with Gasteiger partial charge in [-0.2, -0.15) is 8.78 Å². The van der Waals surface area contributed by atoms with Gasteiger partial charge in [0, 0.05) is 48.4 Å². The molecule has 1 fully saturated rings. The molecule has 1 aliphatic heterocycles. The summed E-state index contributed by atoms with van der Waals surface area (Å²) >= 11 is 0.475. The minimum atomic E-state index is -2.47. The van der Waals surface area contributed by atoms with Crippen LogP contribution in [0.4, 0.5) is 14.6 Å². The number of alkyl halides is 2. The zero-order chi connectivity index (χ0) is 20.9. The first-order valence-electron chi connectivity index (χ1n) is 9.58.